The molecule has 0 atom stereocenters. The van der Waals surface area contributed by atoms with E-state index in [-0.39, 0.29) is 5.91 Å². The summed E-state index contributed by atoms with van der Waals surface area (Å²) in [6, 6.07) is 13.4. The number of hydrogen-bond acceptors (Lipinski definition) is 2. The smallest absolute Gasteiger partial charge is 0.226 e. The molecule has 1 aromatic carbocycles. The van der Waals surface area contributed by atoms with Crippen LogP contribution in [-0.2, 0) is 11.2 Å². The molecule has 1 amide bonds. The van der Waals surface area contributed by atoms with E-state index in [1.165, 1.54) is 0 Å². The van der Waals surface area contributed by atoms with Gasteiger partial charge < -0.3 is 4.90 Å². The van der Waals surface area contributed by atoms with Gasteiger partial charge in [0.25, 0.3) is 0 Å². The van der Waals surface area contributed by atoms with Crippen LogP contribution < -0.4 is 4.90 Å². The van der Waals surface area contributed by atoms with Crippen molar-refractivity contribution in [3.05, 3.63) is 59.9 Å². The van der Waals surface area contributed by atoms with Gasteiger partial charge in [0.15, 0.2) is 0 Å². The predicted octanol–water partition coefficient (Wildman–Crippen LogP) is 3.44. The molecule has 0 aliphatic rings. The van der Waals surface area contributed by atoms with Crippen LogP contribution >= 0.6 is 0 Å². The maximum Gasteiger partial charge on any atom is 0.226 e. The molecule has 2 rings (SSSR count). The average Bonchev–Trinajstić information content (AvgIpc) is 2.57. The van der Waals surface area contributed by atoms with Crippen LogP contribution in [0.15, 0.2) is 48.7 Å². The third-order valence-electron chi connectivity index (χ3n) is 3.49. The Morgan fingerprint density at radius 3 is 2.82 bits per heavy atom. The fourth-order valence-corrected chi connectivity index (χ4v) is 2.37. The number of nitrogens with zero attached hydrogens (tertiary/aromatic N) is 2. The van der Waals surface area contributed by atoms with Gasteiger partial charge >= 0.3 is 0 Å². The van der Waals surface area contributed by atoms with E-state index >= 15 is 0 Å². The molecule has 2 aromatic rings. The topological polar surface area (TPSA) is 33.2 Å². The number of pyridine rings is 1. The van der Waals surface area contributed by atoms with Gasteiger partial charge in [-0.2, -0.15) is 0 Å². The molecule has 0 bridgehead atoms. The van der Waals surface area contributed by atoms with Crippen LogP contribution in [0.1, 0.15) is 31.0 Å². The van der Waals surface area contributed by atoms with E-state index < -0.39 is 0 Å². The van der Waals surface area contributed by atoms with E-state index in [9.17, 15) is 4.79 Å². The van der Waals surface area contributed by atoms with Crippen LogP contribution in [0.25, 0.3) is 0 Å². The number of terminal acetylenes is 1. The zero-order valence-electron chi connectivity index (χ0n) is 12.8. The lowest BCUT2D eigenvalue weighted by molar-refractivity contribution is -0.118. The fraction of sp³-hybridized carbons (Fsp3) is 0.263. The molecular formula is C19H20N2O. The first kappa shape index (κ1) is 15.8. The molecule has 22 heavy (non-hydrogen) atoms. The van der Waals surface area contributed by atoms with Gasteiger partial charge in [-0.3, -0.25) is 9.78 Å². The first-order valence-electron chi connectivity index (χ1n) is 7.51. The maximum atomic E-state index is 12.4. The average molecular weight is 292 g/mol. The summed E-state index contributed by atoms with van der Waals surface area (Å²) in [6.07, 6.45) is 9.31. The molecule has 3 heteroatoms. The van der Waals surface area contributed by atoms with E-state index in [0.717, 1.165) is 29.8 Å². The molecule has 0 saturated heterocycles. The highest BCUT2D eigenvalue weighted by Gasteiger charge is 2.13. The Bertz CT molecular complexity index is 659. The largest absolute Gasteiger partial charge is 0.313 e. The molecule has 0 saturated carbocycles. The Hall–Kier alpha value is -2.60. The first-order chi connectivity index (χ1) is 10.7. The minimum absolute atomic E-state index is 0.118. The second-order valence-electron chi connectivity index (χ2n) is 5.01. The summed E-state index contributed by atoms with van der Waals surface area (Å²) in [7, 11) is 0. The van der Waals surface area contributed by atoms with Crippen molar-refractivity contribution in [3.63, 3.8) is 0 Å². The van der Waals surface area contributed by atoms with Crippen LogP contribution in [0.2, 0.25) is 0 Å². The van der Waals surface area contributed by atoms with Gasteiger partial charge in [-0.05, 0) is 50.1 Å². The number of anilines is 1. The van der Waals surface area contributed by atoms with E-state index in [2.05, 4.69) is 10.9 Å². The number of aromatic nitrogens is 1. The van der Waals surface area contributed by atoms with Gasteiger partial charge in [-0.15, -0.1) is 6.42 Å². The van der Waals surface area contributed by atoms with Crippen LogP contribution in [0.3, 0.4) is 0 Å². The van der Waals surface area contributed by atoms with Crippen molar-refractivity contribution >= 4 is 11.6 Å². The summed E-state index contributed by atoms with van der Waals surface area (Å²) in [5.41, 5.74) is 2.67. The number of hydrogen-bond donors (Lipinski definition) is 0. The third-order valence-corrected chi connectivity index (χ3v) is 3.49. The van der Waals surface area contributed by atoms with Gasteiger partial charge in [-0.25, -0.2) is 0 Å². The Labute approximate surface area is 132 Å². The van der Waals surface area contributed by atoms with Crippen LogP contribution in [0.4, 0.5) is 5.69 Å². The lowest BCUT2D eigenvalue weighted by Gasteiger charge is -2.21. The Morgan fingerprint density at radius 2 is 2.14 bits per heavy atom. The molecule has 0 radical (unpaired) electrons. The highest BCUT2D eigenvalue weighted by atomic mass is 16.2. The van der Waals surface area contributed by atoms with Crippen molar-refractivity contribution < 1.29 is 4.79 Å². The van der Waals surface area contributed by atoms with Gasteiger partial charge in [-0.1, -0.05) is 18.1 Å². The number of carbonyl (C=O) groups excluding carboxylic acids is 1. The van der Waals surface area contributed by atoms with Crippen molar-refractivity contribution in [2.45, 2.75) is 26.2 Å². The molecule has 0 aliphatic carbocycles. The molecule has 0 aliphatic heterocycles. The second-order valence-corrected chi connectivity index (χ2v) is 5.01. The summed E-state index contributed by atoms with van der Waals surface area (Å²) in [6.45, 7) is 2.61. The number of carbonyl (C=O) groups is 1. The second kappa shape index (κ2) is 7.99. The fourth-order valence-electron chi connectivity index (χ4n) is 2.37. The summed E-state index contributed by atoms with van der Waals surface area (Å²) < 4.78 is 0. The first-order valence-corrected chi connectivity index (χ1v) is 7.51. The summed E-state index contributed by atoms with van der Waals surface area (Å²) >= 11 is 0. The van der Waals surface area contributed by atoms with Crippen molar-refractivity contribution in [2.24, 2.45) is 0 Å². The van der Waals surface area contributed by atoms with Gasteiger partial charge in [0.2, 0.25) is 5.91 Å². The summed E-state index contributed by atoms with van der Waals surface area (Å²) in [5.74, 6) is 2.72. The van der Waals surface area contributed by atoms with Gasteiger partial charge in [0, 0.05) is 36.1 Å². The number of benzene rings is 1. The standard InChI is InChI=1S/C19H20N2O/c1-3-16-9-7-12-18(15-16)21(4-2)19(22)13-8-11-17-10-5-6-14-20-17/h1,5-7,9-10,12,14-15H,4,8,11,13H2,2H3. The molecule has 1 heterocycles. The van der Waals surface area contributed by atoms with Gasteiger partial charge in [0.05, 0.1) is 0 Å². The van der Waals surface area contributed by atoms with E-state index in [1.54, 1.807) is 11.1 Å². The third kappa shape index (κ3) is 4.20. The molecule has 112 valence electrons. The Kier molecular flexibility index (Phi) is 5.73. The van der Waals surface area contributed by atoms with E-state index in [1.807, 2.05) is 49.4 Å². The molecule has 0 spiro atoms. The van der Waals surface area contributed by atoms with Crippen LogP contribution in [0, 0.1) is 12.3 Å². The molecule has 0 N–H and O–H groups in total. The summed E-state index contributed by atoms with van der Waals surface area (Å²) in [5, 5.41) is 0. The summed E-state index contributed by atoms with van der Waals surface area (Å²) in [4.78, 5) is 18.5. The number of aryl methyl sites for hydroxylation is 1. The van der Waals surface area contributed by atoms with Crippen molar-refractivity contribution in [3.8, 4) is 12.3 Å². The molecule has 1 aromatic heterocycles. The Balaban J connectivity index is 1.95. The molecule has 0 unspecified atom stereocenters. The lowest BCUT2D eigenvalue weighted by Crippen LogP contribution is -2.30. The number of amides is 1. The molecule has 3 nitrogen and oxygen atoms in total. The SMILES string of the molecule is C#Cc1cccc(N(CC)C(=O)CCCc2ccccn2)c1. The predicted molar refractivity (Wildman–Crippen MR) is 89.6 cm³/mol. The van der Waals surface area contributed by atoms with E-state index in [0.29, 0.717) is 13.0 Å². The van der Waals surface area contributed by atoms with Crippen molar-refractivity contribution in [1.82, 2.24) is 4.98 Å². The lowest BCUT2D eigenvalue weighted by atomic mass is 10.1. The molecule has 0 fully saturated rings. The minimum Gasteiger partial charge on any atom is -0.313 e. The maximum absolute atomic E-state index is 12.4. The minimum atomic E-state index is 0.118. The number of rotatable bonds is 6. The highest BCUT2D eigenvalue weighted by molar-refractivity contribution is 5.93. The normalized spacial score (nSPS) is 10.0. The van der Waals surface area contributed by atoms with Crippen molar-refractivity contribution in [1.29, 1.82) is 0 Å². The van der Waals surface area contributed by atoms with Crippen LogP contribution in [0.5, 0.6) is 0 Å². The van der Waals surface area contributed by atoms with E-state index in [4.69, 9.17) is 6.42 Å². The highest BCUT2D eigenvalue weighted by Crippen LogP contribution is 2.17. The monoisotopic (exact) mass is 292 g/mol. The van der Waals surface area contributed by atoms with Gasteiger partial charge in [0.1, 0.15) is 0 Å². The zero-order chi connectivity index (χ0) is 15.8. The van der Waals surface area contributed by atoms with Crippen molar-refractivity contribution in [2.75, 3.05) is 11.4 Å². The Morgan fingerprint density at radius 1 is 1.27 bits per heavy atom. The molecular weight excluding hydrogens is 272 g/mol. The zero-order valence-corrected chi connectivity index (χ0v) is 12.8. The van der Waals surface area contributed by atoms with Crippen LogP contribution in [-0.4, -0.2) is 17.4 Å². The quantitative estimate of drug-likeness (QED) is 0.764.